The molecular formula is C14H12F3N3O5. The topological polar surface area (TPSA) is 96.4 Å². The lowest BCUT2D eigenvalue weighted by Gasteiger charge is -2.15. The number of benzene rings is 1. The van der Waals surface area contributed by atoms with E-state index in [1.165, 1.54) is 14.1 Å². The molecule has 0 N–H and O–H groups in total. The van der Waals surface area contributed by atoms with Crippen molar-refractivity contribution in [3.8, 4) is 5.75 Å². The van der Waals surface area contributed by atoms with Crippen LogP contribution in [-0.2, 0) is 26.9 Å². The Morgan fingerprint density at radius 1 is 1.16 bits per heavy atom. The van der Waals surface area contributed by atoms with E-state index in [-0.39, 0.29) is 5.69 Å². The first-order valence-electron chi connectivity index (χ1n) is 6.76. The van der Waals surface area contributed by atoms with Gasteiger partial charge < -0.3 is 4.74 Å². The van der Waals surface area contributed by atoms with Crippen LogP contribution in [0.15, 0.2) is 33.9 Å². The molecule has 0 aliphatic heterocycles. The highest BCUT2D eigenvalue weighted by molar-refractivity contribution is 5.45. The summed E-state index contributed by atoms with van der Waals surface area (Å²) in [6.07, 6.45) is -4.87. The number of rotatable bonds is 4. The molecule has 0 unspecified atom stereocenters. The van der Waals surface area contributed by atoms with E-state index in [0.29, 0.717) is 6.07 Å². The van der Waals surface area contributed by atoms with Gasteiger partial charge in [0.15, 0.2) is 0 Å². The monoisotopic (exact) mass is 359 g/mol. The average Bonchev–Trinajstić information content (AvgIpc) is 2.54. The maximum absolute atomic E-state index is 13.1. The molecule has 2 rings (SSSR count). The van der Waals surface area contributed by atoms with Crippen molar-refractivity contribution in [2.75, 3.05) is 0 Å². The summed E-state index contributed by atoms with van der Waals surface area (Å²) in [5.74, 6) is -0.647. The Kier molecular flexibility index (Phi) is 4.68. The summed E-state index contributed by atoms with van der Waals surface area (Å²) in [4.78, 5) is 33.1. The Hall–Kier alpha value is -3.11. The molecule has 0 saturated heterocycles. The summed E-state index contributed by atoms with van der Waals surface area (Å²) >= 11 is 0. The van der Waals surface area contributed by atoms with Crippen molar-refractivity contribution >= 4 is 5.69 Å². The lowest BCUT2D eigenvalue weighted by atomic mass is 10.1. The van der Waals surface area contributed by atoms with E-state index < -0.39 is 46.0 Å². The van der Waals surface area contributed by atoms with Crippen LogP contribution in [0.4, 0.5) is 18.9 Å². The summed E-state index contributed by atoms with van der Waals surface area (Å²) in [5, 5.41) is 10.6. The van der Waals surface area contributed by atoms with Crippen molar-refractivity contribution in [3.63, 3.8) is 0 Å². The lowest BCUT2D eigenvalue weighted by Crippen LogP contribution is -2.38. The number of alkyl halides is 3. The average molecular weight is 359 g/mol. The van der Waals surface area contributed by atoms with Crippen LogP contribution >= 0.6 is 0 Å². The zero-order chi connectivity index (χ0) is 18.9. The molecule has 0 bridgehead atoms. The fourth-order valence-corrected chi connectivity index (χ4v) is 2.05. The number of non-ortho nitro benzene ring substituents is 1. The summed E-state index contributed by atoms with van der Waals surface area (Å²) < 4.78 is 46.2. The summed E-state index contributed by atoms with van der Waals surface area (Å²) in [6.45, 7) is -0.497. The first kappa shape index (κ1) is 18.2. The molecule has 0 amide bonds. The third-order valence-corrected chi connectivity index (χ3v) is 3.48. The van der Waals surface area contributed by atoms with Crippen LogP contribution in [0.1, 0.15) is 11.3 Å². The maximum atomic E-state index is 13.1. The van der Waals surface area contributed by atoms with E-state index in [1.807, 2.05) is 0 Å². The van der Waals surface area contributed by atoms with Gasteiger partial charge in [-0.05, 0) is 6.07 Å². The number of nitro groups is 1. The first-order valence-corrected chi connectivity index (χ1v) is 6.76. The third-order valence-electron chi connectivity index (χ3n) is 3.48. The number of aromatic nitrogens is 2. The Balaban J connectivity index is 2.41. The quantitative estimate of drug-likeness (QED) is 0.610. The van der Waals surface area contributed by atoms with Gasteiger partial charge in [0.2, 0.25) is 0 Å². The van der Waals surface area contributed by atoms with Crippen molar-refractivity contribution < 1.29 is 22.8 Å². The number of nitrogens with zero attached hydrogens (tertiary/aromatic N) is 3. The predicted molar refractivity (Wildman–Crippen MR) is 79.4 cm³/mol. The van der Waals surface area contributed by atoms with E-state index in [9.17, 15) is 32.9 Å². The molecule has 2 aromatic rings. The van der Waals surface area contributed by atoms with Crippen LogP contribution in [-0.4, -0.2) is 14.1 Å². The minimum atomic E-state index is -4.87. The van der Waals surface area contributed by atoms with Crippen LogP contribution in [0.3, 0.4) is 0 Å². The highest BCUT2D eigenvalue weighted by Crippen LogP contribution is 2.38. The van der Waals surface area contributed by atoms with Crippen molar-refractivity contribution in [2.24, 2.45) is 14.1 Å². The SMILES string of the molecule is Cn1c(COc2ccc([N+](=O)[O-])cc2C(F)(F)F)cc(=O)n(C)c1=O. The molecule has 0 saturated carbocycles. The van der Waals surface area contributed by atoms with Crippen LogP contribution in [0, 0.1) is 10.1 Å². The van der Waals surface area contributed by atoms with Gasteiger partial charge in [-0.15, -0.1) is 0 Å². The van der Waals surface area contributed by atoms with Gasteiger partial charge >= 0.3 is 11.9 Å². The van der Waals surface area contributed by atoms with Gasteiger partial charge in [-0.2, -0.15) is 13.2 Å². The van der Waals surface area contributed by atoms with Crippen LogP contribution < -0.4 is 16.0 Å². The van der Waals surface area contributed by atoms with Gasteiger partial charge in [0.25, 0.3) is 11.2 Å². The van der Waals surface area contributed by atoms with Crippen molar-refractivity contribution in [3.05, 3.63) is 66.5 Å². The summed E-state index contributed by atoms with van der Waals surface area (Å²) in [6, 6.07) is 3.10. The van der Waals surface area contributed by atoms with Gasteiger partial charge in [-0.3, -0.25) is 24.0 Å². The molecular weight excluding hydrogens is 347 g/mol. The summed E-state index contributed by atoms with van der Waals surface area (Å²) in [5.41, 5.74) is -3.30. The second-order valence-corrected chi connectivity index (χ2v) is 5.10. The Bertz CT molecular complexity index is 946. The highest BCUT2D eigenvalue weighted by Gasteiger charge is 2.36. The van der Waals surface area contributed by atoms with Crippen LogP contribution in [0.2, 0.25) is 0 Å². The Morgan fingerprint density at radius 2 is 1.80 bits per heavy atom. The van der Waals surface area contributed by atoms with Gasteiger partial charge in [-0.25, -0.2) is 4.79 Å². The van der Waals surface area contributed by atoms with E-state index >= 15 is 0 Å². The van der Waals surface area contributed by atoms with E-state index in [0.717, 1.165) is 27.3 Å². The van der Waals surface area contributed by atoms with Gasteiger partial charge in [-0.1, -0.05) is 0 Å². The molecule has 1 heterocycles. The van der Waals surface area contributed by atoms with Gasteiger partial charge in [0, 0.05) is 32.3 Å². The summed E-state index contributed by atoms with van der Waals surface area (Å²) in [7, 11) is 2.59. The number of hydrogen-bond acceptors (Lipinski definition) is 5. The molecule has 0 spiro atoms. The minimum absolute atomic E-state index is 0.0552. The van der Waals surface area contributed by atoms with Crippen molar-refractivity contribution in [1.29, 1.82) is 0 Å². The van der Waals surface area contributed by atoms with Crippen molar-refractivity contribution in [2.45, 2.75) is 12.8 Å². The fraction of sp³-hybridized carbons (Fsp3) is 0.286. The fourth-order valence-electron chi connectivity index (χ4n) is 2.05. The second kappa shape index (κ2) is 6.42. The number of nitro benzene ring substituents is 1. The smallest absolute Gasteiger partial charge is 0.420 e. The zero-order valence-corrected chi connectivity index (χ0v) is 13.0. The van der Waals surface area contributed by atoms with E-state index in [1.54, 1.807) is 0 Å². The lowest BCUT2D eigenvalue weighted by molar-refractivity contribution is -0.385. The predicted octanol–water partition coefficient (Wildman–Crippen LogP) is 1.59. The molecule has 11 heteroatoms. The molecule has 1 aromatic carbocycles. The molecule has 8 nitrogen and oxygen atoms in total. The number of ether oxygens (including phenoxy) is 1. The number of hydrogen-bond donors (Lipinski definition) is 0. The molecule has 134 valence electrons. The molecule has 0 fully saturated rings. The molecule has 0 atom stereocenters. The van der Waals surface area contributed by atoms with Crippen LogP contribution in [0.5, 0.6) is 5.75 Å². The molecule has 25 heavy (non-hydrogen) atoms. The van der Waals surface area contributed by atoms with Crippen LogP contribution in [0.25, 0.3) is 0 Å². The first-order chi connectivity index (χ1) is 11.5. The number of halogens is 3. The van der Waals surface area contributed by atoms with E-state index in [2.05, 4.69) is 0 Å². The Labute approximate surface area is 137 Å². The minimum Gasteiger partial charge on any atom is -0.487 e. The second-order valence-electron chi connectivity index (χ2n) is 5.10. The largest absolute Gasteiger partial charge is 0.487 e. The highest BCUT2D eigenvalue weighted by atomic mass is 19.4. The van der Waals surface area contributed by atoms with Gasteiger partial charge in [0.05, 0.1) is 10.6 Å². The van der Waals surface area contributed by atoms with Gasteiger partial charge in [0.1, 0.15) is 17.9 Å². The Morgan fingerprint density at radius 3 is 2.36 bits per heavy atom. The normalized spacial score (nSPS) is 11.4. The standard InChI is InChI=1S/C14H12F3N3O5/c1-18-9(6-12(21)19(2)13(18)22)7-25-11-4-3-8(20(23)24)5-10(11)14(15,16)17/h3-6H,7H2,1-2H3. The molecule has 1 aromatic heterocycles. The molecule has 0 aliphatic rings. The van der Waals surface area contributed by atoms with E-state index in [4.69, 9.17) is 4.74 Å². The molecule has 0 radical (unpaired) electrons. The zero-order valence-electron chi connectivity index (χ0n) is 13.0. The maximum Gasteiger partial charge on any atom is 0.420 e. The molecule has 0 aliphatic carbocycles. The van der Waals surface area contributed by atoms with Crippen molar-refractivity contribution in [1.82, 2.24) is 9.13 Å². The third kappa shape index (κ3) is 3.70.